The van der Waals surface area contributed by atoms with Gasteiger partial charge in [-0.15, -0.1) is 0 Å². The summed E-state index contributed by atoms with van der Waals surface area (Å²) in [6, 6.07) is 15.1. The van der Waals surface area contributed by atoms with Crippen LogP contribution in [-0.2, 0) is 11.3 Å². The molecule has 1 fully saturated rings. The minimum Gasteiger partial charge on any atom is -0.441 e. The molecule has 2 aliphatic heterocycles. The molecule has 0 aliphatic carbocycles. The number of aliphatic hydroxyl groups excluding tert-OH is 1. The van der Waals surface area contributed by atoms with Crippen molar-refractivity contribution in [2.75, 3.05) is 31.1 Å². The van der Waals surface area contributed by atoms with Crippen LogP contribution in [0.15, 0.2) is 54.6 Å². The van der Waals surface area contributed by atoms with Crippen molar-refractivity contribution in [2.45, 2.75) is 19.1 Å². The Labute approximate surface area is 163 Å². The number of hydrogen-bond donors (Lipinski definition) is 1. The zero-order valence-electron chi connectivity index (χ0n) is 15.6. The zero-order chi connectivity index (χ0) is 19.5. The van der Waals surface area contributed by atoms with Gasteiger partial charge >= 0.3 is 6.09 Å². The Morgan fingerprint density at radius 2 is 2.00 bits per heavy atom. The van der Waals surface area contributed by atoms with E-state index in [1.165, 1.54) is 16.5 Å². The summed E-state index contributed by atoms with van der Waals surface area (Å²) in [5, 5.41) is 9.14. The van der Waals surface area contributed by atoms with Crippen LogP contribution in [0.1, 0.15) is 17.5 Å². The molecule has 2 aromatic rings. The van der Waals surface area contributed by atoms with Gasteiger partial charge < -0.3 is 9.84 Å². The number of halogens is 1. The third-order valence-corrected chi connectivity index (χ3v) is 5.23. The number of carbonyl (C=O) groups is 1. The predicted octanol–water partition coefficient (Wildman–Crippen LogP) is 3.43. The van der Waals surface area contributed by atoms with Crippen LogP contribution in [-0.4, -0.2) is 48.4 Å². The summed E-state index contributed by atoms with van der Waals surface area (Å²) in [6.07, 6.45) is 1.74. The van der Waals surface area contributed by atoms with Gasteiger partial charge in [-0.3, -0.25) is 9.80 Å². The first kappa shape index (κ1) is 18.7. The number of anilines is 1. The molecule has 1 saturated heterocycles. The lowest BCUT2D eigenvalue weighted by molar-refractivity contribution is 0.0963. The van der Waals surface area contributed by atoms with Crippen LogP contribution >= 0.6 is 0 Å². The van der Waals surface area contributed by atoms with Gasteiger partial charge in [0.05, 0.1) is 18.8 Å². The lowest BCUT2D eigenvalue weighted by Gasteiger charge is -2.27. The fourth-order valence-corrected chi connectivity index (χ4v) is 3.70. The van der Waals surface area contributed by atoms with Crippen LogP contribution in [0.25, 0.3) is 5.57 Å². The highest BCUT2D eigenvalue weighted by Crippen LogP contribution is 2.30. The fourth-order valence-electron chi connectivity index (χ4n) is 3.70. The number of cyclic esters (lactones) is 1. The summed E-state index contributed by atoms with van der Waals surface area (Å²) in [7, 11) is 0. The van der Waals surface area contributed by atoms with E-state index in [1.807, 2.05) is 18.2 Å². The van der Waals surface area contributed by atoms with Gasteiger partial charge in [0.1, 0.15) is 11.9 Å². The Morgan fingerprint density at radius 1 is 1.18 bits per heavy atom. The van der Waals surface area contributed by atoms with Crippen molar-refractivity contribution < 1.29 is 19.0 Å². The first-order valence-corrected chi connectivity index (χ1v) is 9.48. The van der Waals surface area contributed by atoms with E-state index in [0.717, 1.165) is 31.6 Å². The topological polar surface area (TPSA) is 53.0 Å². The standard InChI is InChI=1S/C22H23FN2O3/c23-21-12-18(25-14-19(15-26)28-22(25)27)6-7-20(21)17-8-10-24(11-9-17)13-16-4-2-1-3-5-16/h1-8,12,19,26H,9-11,13-15H2/t19-/m0/s1. The van der Waals surface area contributed by atoms with Crippen molar-refractivity contribution in [3.05, 3.63) is 71.6 Å². The maximum atomic E-state index is 14.8. The SMILES string of the molecule is O=C1O[C@H](CO)CN1c1ccc(C2=CCN(Cc3ccccc3)CC2)c(F)c1. The Bertz CT molecular complexity index is 885. The number of hydrogen-bond acceptors (Lipinski definition) is 4. The second-order valence-electron chi connectivity index (χ2n) is 7.16. The van der Waals surface area contributed by atoms with Crippen molar-refractivity contribution in [1.82, 2.24) is 4.90 Å². The monoisotopic (exact) mass is 382 g/mol. The number of nitrogens with zero attached hydrogens (tertiary/aromatic N) is 2. The van der Waals surface area contributed by atoms with E-state index in [9.17, 15) is 9.18 Å². The highest BCUT2D eigenvalue weighted by Gasteiger charge is 2.32. The second-order valence-corrected chi connectivity index (χ2v) is 7.16. The molecule has 1 amide bonds. The number of carbonyl (C=O) groups excluding carboxylic acids is 1. The lowest BCUT2D eigenvalue weighted by atomic mass is 9.98. The van der Waals surface area contributed by atoms with E-state index in [0.29, 0.717) is 11.3 Å². The first-order chi connectivity index (χ1) is 13.6. The Morgan fingerprint density at radius 3 is 2.64 bits per heavy atom. The van der Waals surface area contributed by atoms with Crippen LogP contribution < -0.4 is 4.90 Å². The molecule has 28 heavy (non-hydrogen) atoms. The van der Waals surface area contributed by atoms with Crippen molar-refractivity contribution in [3.8, 4) is 0 Å². The minimum absolute atomic E-state index is 0.227. The molecule has 0 unspecified atom stereocenters. The third kappa shape index (κ3) is 3.93. The van der Waals surface area contributed by atoms with Crippen LogP contribution in [0.4, 0.5) is 14.9 Å². The summed E-state index contributed by atoms with van der Waals surface area (Å²) < 4.78 is 19.8. The van der Waals surface area contributed by atoms with Gasteiger partial charge in [-0.05, 0) is 35.8 Å². The smallest absolute Gasteiger partial charge is 0.414 e. The van der Waals surface area contributed by atoms with Crippen molar-refractivity contribution in [1.29, 1.82) is 0 Å². The molecule has 0 spiro atoms. The maximum absolute atomic E-state index is 14.8. The molecule has 2 aromatic carbocycles. The molecule has 0 radical (unpaired) electrons. The Hall–Kier alpha value is -2.70. The van der Waals surface area contributed by atoms with Crippen LogP contribution in [0, 0.1) is 5.82 Å². The third-order valence-electron chi connectivity index (χ3n) is 5.23. The number of rotatable bonds is 5. The van der Waals surface area contributed by atoms with Crippen molar-refractivity contribution in [3.63, 3.8) is 0 Å². The summed E-state index contributed by atoms with van der Waals surface area (Å²) in [5.74, 6) is -0.347. The maximum Gasteiger partial charge on any atom is 0.414 e. The van der Waals surface area contributed by atoms with E-state index in [-0.39, 0.29) is 19.0 Å². The molecule has 0 aromatic heterocycles. The average Bonchev–Trinajstić information content (AvgIpc) is 3.10. The van der Waals surface area contributed by atoms with Gasteiger partial charge in [0.15, 0.2) is 0 Å². The van der Waals surface area contributed by atoms with Crippen molar-refractivity contribution >= 4 is 17.4 Å². The molecule has 2 aliphatic rings. The predicted molar refractivity (Wildman–Crippen MR) is 105 cm³/mol. The number of amides is 1. The van der Waals surface area contributed by atoms with Crippen molar-refractivity contribution in [2.24, 2.45) is 0 Å². The van der Waals surface area contributed by atoms with Gasteiger partial charge in [-0.1, -0.05) is 36.4 Å². The van der Waals surface area contributed by atoms with E-state index in [1.54, 1.807) is 12.1 Å². The van der Waals surface area contributed by atoms with Gasteiger partial charge in [0, 0.05) is 25.2 Å². The second kappa shape index (κ2) is 8.12. The summed E-state index contributed by atoms with van der Waals surface area (Å²) in [5.41, 5.74) is 3.29. The molecule has 1 atom stereocenters. The van der Waals surface area contributed by atoms with E-state index in [2.05, 4.69) is 23.1 Å². The molecule has 4 rings (SSSR count). The lowest BCUT2D eigenvalue weighted by Crippen LogP contribution is -2.28. The quantitative estimate of drug-likeness (QED) is 0.861. The number of ether oxygens (including phenoxy) is 1. The Kier molecular flexibility index (Phi) is 5.41. The molecule has 0 bridgehead atoms. The largest absolute Gasteiger partial charge is 0.441 e. The molecule has 1 N–H and O–H groups in total. The van der Waals surface area contributed by atoms with Crippen LogP contribution in [0.3, 0.4) is 0 Å². The van der Waals surface area contributed by atoms with Crippen LogP contribution in [0.2, 0.25) is 0 Å². The minimum atomic E-state index is -0.563. The fraction of sp³-hybridized carbons (Fsp3) is 0.318. The average molecular weight is 382 g/mol. The molecule has 5 nitrogen and oxygen atoms in total. The van der Waals surface area contributed by atoms with Crippen LogP contribution in [0.5, 0.6) is 0 Å². The Balaban J connectivity index is 1.44. The first-order valence-electron chi connectivity index (χ1n) is 9.48. The van der Waals surface area contributed by atoms with Gasteiger partial charge in [-0.2, -0.15) is 0 Å². The molecule has 2 heterocycles. The van der Waals surface area contributed by atoms with Gasteiger partial charge in [0.2, 0.25) is 0 Å². The highest BCUT2D eigenvalue weighted by atomic mass is 19.1. The molecular formula is C22H23FN2O3. The molecule has 146 valence electrons. The number of benzene rings is 2. The summed E-state index contributed by atoms with van der Waals surface area (Å²) in [6.45, 7) is 2.52. The number of aliphatic hydroxyl groups is 1. The zero-order valence-corrected chi connectivity index (χ0v) is 15.6. The van der Waals surface area contributed by atoms with Gasteiger partial charge in [-0.25, -0.2) is 9.18 Å². The normalized spacial score (nSPS) is 20.2. The molecule has 6 heteroatoms. The van der Waals surface area contributed by atoms with Gasteiger partial charge in [0.25, 0.3) is 0 Å². The van der Waals surface area contributed by atoms with E-state index >= 15 is 0 Å². The molecule has 0 saturated carbocycles. The van der Waals surface area contributed by atoms with E-state index < -0.39 is 12.2 Å². The summed E-state index contributed by atoms with van der Waals surface area (Å²) in [4.78, 5) is 15.6. The van der Waals surface area contributed by atoms with E-state index in [4.69, 9.17) is 9.84 Å². The highest BCUT2D eigenvalue weighted by molar-refractivity contribution is 5.90. The molecular weight excluding hydrogens is 359 g/mol. The summed E-state index contributed by atoms with van der Waals surface area (Å²) >= 11 is 0.